The predicted octanol–water partition coefficient (Wildman–Crippen LogP) is 5.93. The maximum Gasteiger partial charge on any atom is 0.587 e. The Labute approximate surface area is 156 Å². The lowest BCUT2D eigenvalue weighted by Crippen LogP contribution is -2.12. The van der Waals surface area contributed by atoms with Crippen LogP contribution in [0.25, 0.3) is 0 Å². The molecule has 0 amide bonds. The summed E-state index contributed by atoms with van der Waals surface area (Å²) in [4.78, 5) is 0. The third kappa shape index (κ3) is 3.67. The third-order valence-electron chi connectivity index (χ3n) is 4.71. The first-order valence-electron chi connectivity index (χ1n) is 9.27. The van der Waals surface area contributed by atoms with Crippen LogP contribution in [0.2, 0.25) is 0 Å². The molecule has 0 N–H and O–H groups in total. The Morgan fingerprint density at radius 1 is 0.885 bits per heavy atom. The highest BCUT2D eigenvalue weighted by Crippen LogP contribution is 2.54. The van der Waals surface area contributed by atoms with Crippen LogP contribution in [0, 0.1) is 13.8 Å². The van der Waals surface area contributed by atoms with Gasteiger partial charge in [-0.25, -0.2) is 4.57 Å². The van der Waals surface area contributed by atoms with Crippen LogP contribution in [0.1, 0.15) is 54.2 Å². The Balaban J connectivity index is 2.24. The van der Waals surface area contributed by atoms with E-state index in [4.69, 9.17) is 13.6 Å². The molecule has 0 bridgehead atoms. The van der Waals surface area contributed by atoms with E-state index < -0.39 is 7.82 Å². The minimum Gasteiger partial charge on any atom is -0.394 e. The topological polar surface area (TPSA) is 44.8 Å². The Kier molecular flexibility index (Phi) is 5.45. The van der Waals surface area contributed by atoms with Crippen molar-refractivity contribution in [1.29, 1.82) is 0 Å². The number of rotatable bonds is 4. The molecule has 0 fully saturated rings. The fourth-order valence-electron chi connectivity index (χ4n) is 3.45. The zero-order valence-electron chi connectivity index (χ0n) is 16.2. The molecule has 140 valence electrons. The molecule has 26 heavy (non-hydrogen) atoms. The molecule has 0 atom stereocenters. The van der Waals surface area contributed by atoms with Gasteiger partial charge in [-0.3, -0.25) is 4.52 Å². The molecule has 5 heteroatoms. The average Bonchev–Trinajstić information content (AvgIpc) is 2.59. The van der Waals surface area contributed by atoms with E-state index in [9.17, 15) is 4.57 Å². The second-order valence-electron chi connectivity index (χ2n) is 6.73. The van der Waals surface area contributed by atoms with Crippen LogP contribution < -0.4 is 9.05 Å². The molecule has 1 aliphatic heterocycles. The van der Waals surface area contributed by atoms with Gasteiger partial charge in [-0.05, 0) is 67.0 Å². The average molecular weight is 374 g/mol. The number of benzene rings is 2. The van der Waals surface area contributed by atoms with Gasteiger partial charge in [0.25, 0.3) is 0 Å². The SMILES string of the molecule is CCOP1(=O)Oc2c(C)cc(CC)cc2Cc2cc(CC)cc(C)c2O1. The van der Waals surface area contributed by atoms with E-state index in [1.807, 2.05) is 13.8 Å². The standard InChI is InChI=1S/C21H27O4P/c1-6-16-9-14(4)20-18(11-16)13-19-12-17(7-2)10-15(5)21(19)25-26(22,24-20)23-8-3/h9-12H,6-8,13H2,1-5H3. The first kappa shape index (κ1) is 19.0. The van der Waals surface area contributed by atoms with E-state index in [2.05, 4.69) is 38.1 Å². The van der Waals surface area contributed by atoms with Gasteiger partial charge in [0, 0.05) is 6.42 Å². The summed E-state index contributed by atoms with van der Waals surface area (Å²) in [5.74, 6) is 1.23. The highest BCUT2D eigenvalue weighted by Gasteiger charge is 2.35. The summed E-state index contributed by atoms with van der Waals surface area (Å²) in [6.07, 6.45) is 2.56. The van der Waals surface area contributed by atoms with Crippen molar-refractivity contribution in [3.63, 3.8) is 0 Å². The number of phosphoric acid groups is 1. The minimum absolute atomic E-state index is 0.250. The van der Waals surface area contributed by atoms with Gasteiger partial charge in [-0.2, -0.15) is 0 Å². The largest absolute Gasteiger partial charge is 0.587 e. The van der Waals surface area contributed by atoms with E-state index in [0.717, 1.165) is 35.1 Å². The van der Waals surface area contributed by atoms with E-state index >= 15 is 0 Å². The molecule has 0 unspecified atom stereocenters. The molecule has 1 aliphatic rings. The summed E-state index contributed by atoms with van der Waals surface area (Å²) in [5, 5.41) is 0. The van der Waals surface area contributed by atoms with Gasteiger partial charge in [-0.1, -0.05) is 38.1 Å². The summed E-state index contributed by atoms with van der Waals surface area (Å²) < 4.78 is 30.5. The lowest BCUT2D eigenvalue weighted by Gasteiger charge is -2.27. The van der Waals surface area contributed by atoms with E-state index in [-0.39, 0.29) is 6.61 Å². The van der Waals surface area contributed by atoms with Crippen molar-refractivity contribution in [3.8, 4) is 11.5 Å². The number of phosphoric ester groups is 1. The predicted molar refractivity (Wildman–Crippen MR) is 104 cm³/mol. The van der Waals surface area contributed by atoms with Crippen LogP contribution in [0.3, 0.4) is 0 Å². The second kappa shape index (κ2) is 7.46. The summed E-state index contributed by atoms with van der Waals surface area (Å²) in [6.45, 7) is 10.3. The van der Waals surface area contributed by atoms with Crippen LogP contribution in [-0.2, 0) is 28.4 Å². The smallest absolute Gasteiger partial charge is 0.394 e. The highest BCUT2D eigenvalue weighted by molar-refractivity contribution is 7.49. The molecule has 3 rings (SSSR count). The van der Waals surface area contributed by atoms with Crippen molar-refractivity contribution in [2.24, 2.45) is 0 Å². The fraction of sp³-hybridized carbons (Fsp3) is 0.429. The van der Waals surface area contributed by atoms with Gasteiger partial charge in [0.05, 0.1) is 6.61 Å². The highest BCUT2D eigenvalue weighted by atomic mass is 31.2. The fourth-order valence-corrected chi connectivity index (χ4v) is 4.87. The molecular formula is C21H27O4P. The lowest BCUT2D eigenvalue weighted by atomic mass is 9.94. The van der Waals surface area contributed by atoms with E-state index in [0.29, 0.717) is 17.9 Å². The molecule has 1 heterocycles. The molecule has 0 spiro atoms. The molecule has 2 aromatic carbocycles. The molecule has 4 nitrogen and oxygen atoms in total. The molecule has 2 aromatic rings. The van der Waals surface area contributed by atoms with Crippen molar-refractivity contribution in [3.05, 3.63) is 57.6 Å². The summed E-state index contributed by atoms with van der Waals surface area (Å²) >= 11 is 0. The van der Waals surface area contributed by atoms with Crippen molar-refractivity contribution in [1.82, 2.24) is 0 Å². The quantitative estimate of drug-likeness (QED) is 0.622. The monoisotopic (exact) mass is 374 g/mol. The Bertz CT molecular complexity index is 807. The maximum absolute atomic E-state index is 13.3. The van der Waals surface area contributed by atoms with Crippen molar-refractivity contribution in [2.75, 3.05) is 6.61 Å². The van der Waals surface area contributed by atoms with Gasteiger partial charge in [0.2, 0.25) is 0 Å². The molecule has 0 saturated carbocycles. The van der Waals surface area contributed by atoms with Crippen LogP contribution in [0.5, 0.6) is 11.5 Å². The van der Waals surface area contributed by atoms with Gasteiger partial charge in [-0.15, -0.1) is 0 Å². The third-order valence-corrected chi connectivity index (χ3v) is 6.10. The second-order valence-corrected chi connectivity index (χ2v) is 8.25. The van der Waals surface area contributed by atoms with Crippen molar-refractivity contribution < 1.29 is 18.1 Å². The number of hydrogen-bond acceptors (Lipinski definition) is 4. The van der Waals surface area contributed by atoms with Gasteiger partial charge in [0.15, 0.2) is 0 Å². The van der Waals surface area contributed by atoms with Crippen molar-refractivity contribution in [2.45, 2.75) is 53.9 Å². The van der Waals surface area contributed by atoms with Crippen LogP contribution >= 0.6 is 7.82 Å². The van der Waals surface area contributed by atoms with Gasteiger partial charge >= 0.3 is 7.82 Å². The summed E-state index contributed by atoms with van der Waals surface area (Å²) in [5.41, 5.74) is 6.44. The van der Waals surface area contributed by atoms with Crippen LogP contribution in [0.4, 0.5) is 0 Å². The number of fused-ring (bicyclic) bond motifs is 2. The first-order chi connectivity index (χ1) is 12.4. The number of aryl methyl sites for hydroxylation is 4. The summed E-state index contributed by atoms with van der Waals surface area (Å²) in [6, 6.07) is 8.43. The van der Waals surface area contributed by atoms with Crippen LogP contribution in [-0.4, -0.2) is 6.61 Å². The normalized spacial score (nSPS) is 15.1. The summed E-state index contributed by atoms with van der Waals surface area (Å²) in [7, 11) is -3.75. The number of hydrogen-bond donors (Lipinski definition) is 0. The molecular weight excluding hydrogens is 347 g/mol. The Hall–Kier alpha value is -1.77. The van der Waals surface area contributed by atoms with E-state index in [1.54, 1.807) is 6.92 Å². The van der Waals surface area contributed by atoms with Crippen molar-refractivity contribution >= 4 is 7.82 Å². The first-order valence-corrected chi connectivity index (χ1v) is 10.7. The molecule has 0 aromatic heterocycles. The zero-order chi connectivity index (χ0) is 18.9. The molecule has 0 aliphatic carbocycles. The zero-order valence-corrected chi connectivity index (χ0v) is 17.1. The van der Waals surface area contributed by atoms with E-state index in [1.165, 1.54) is 11.1 Å². The molecule has 0 radical (unpaired) electrons. The Morgan fingerprint density at radius 2 is 1.35 bits per heavy atom. The Morgan fingerprint density at radius 3 is 1.73 bits per heavy atom. The van der Waals surface area contributed by atoms with Gasteiger partial charge in [0.1, 0.15) is 11.5 Å². The lowest BCUT2D eigenvalue weighted by molar-refractivity contribution is 0.216. The maximum atomic E-state index is 13.3. The van der Waals surface area contributed by atoms with Gasteiger partial charge < -0.3 is 9.05 Å². The van der Waals surface area contributed by atoms with Crippen LogP contribution in [0.15, 0.2) is 24.3 Å². The minimum atomic E-state index is -3.75. The molecule has 0 saturated heterocycles.